The minimum Gasteiger partial charge on any atom is -0.333 e. The van der Waals surface area contributed by atoms with E-state index in [4.69, 9.17) is 0 Å². The maximum atomic E-state index is 4.22. The zero-order chi connectivity index (χ0) is 48.1. The quantitative estimate of drug-likeness (QED) is 0.120. The van der Waals surface area contributed by atoms with Crippen molar-refractivity contribution in [3.63, 3.8) is 0 Å². The van der Waals surface area contributed by atoms with Crippen molar-refractivity contribution in [1.29, 1.82) is 0 Å². The van der Waals surface area contributed by atoms with Gasteiger partial charge in [0.2, 0.25) is 0 Å². The summed E-state index contributed by atoms with van der Waals surface area (Å²) in [6.45, 7) is 17.6. The molecule has 0 saturated carbocycles. The van der Waals surface area contributed by atoms with E-state index in [-0.39, 0.29) is 11.6 Å². The molecule has 7 aromatic rings. The van der Waals surface area contributed by atoms with Gasteiger partial charge in [0, 0.05) is 67.7 Å². The van der Waals surface area contributed by atoms with Gasteiger partial charge in [-0.15, -0.1) is 0 Å². The molecule has 1 aliphatic heterocycles. The third kappa shape index (κ3) is 7.92. The third-order valence-corrected chi connectivity index (χ3v) is 14.9. The third-order valence-electron chi connectivity index (χ3n) is 14.9. The highest BCUT2D eigenvalue weighted by Gasteiger charge is 2.37. The molecular formula is C66H62N4. The number of fused-ring (bicyclic) bond motifs is 6. The van der Waals surface area contributed by atoms with Crippen LogP contribution in [0.3, 0.4) is 0 Å². The van der Waals surface area contributed by atoms with Crippen LogP contribution in [0, 0.1) is 26.7 Å². The van der Waals surface area contributed by atoms with Crippen LogP contribution in [0.2, 0.25) is 0 Å². The van der Waals surface area contributed by atoms with Crippen molar-refractivity contribution in [2.75, 3.05) is 14.7 Å². The van der Waals surface area contributed by atoms with Crippen LogP contribution in [-0.2, 0) is 6.42 Å². The summed E-state index contributed by atoms with van der Waals surface area (Å²) in [5.74, 6) is 0.487. The first-order valence-electron chi connectivity index (χ1n) is 25.0. The number of hydrogen-bond acceptors (Lipinski definition) is 3. The van der Waals surface area contributed by atoms with E-state index in [2.05, 4.69) is 268 Å². The van der Waals surface area contributed by atoms with Crippen molar-refractivity contribution in [2.24, 2.45) is 5.92 Å². The molecule has 3 atom stereocenters. The fourth-order valence-corrected chi connectivity index (χ4v) is 11.4. The van der Waals surface area contributed by atoms with Crippen LogP contribution in [-0.4, -0.2) is 16.1 Å². The summed E-state index contributed by atoms with van der Waals surface area (Å²) in [5, 5.41) is 1.29. The molecule has 0 radical (unpaired) electrons. The van der Waals surface area contributed by atoms with Gasteiger partial charge >= 0.3 is 0 Å². The van der Waals surface area contributed by atoms with E-state index in [0.717, 1.165) is 36.3 Å². The summed E-state index contributed by atoms with van der Waals surface area (Å²) >= 11 is 0. The smallest absolute Gasteiger partial charge is 0.0643 e. The molecule has 0 fully saturated rings. The highest BCUT2D eigenvalue weighted by Crippen LogP contribution is 2.49. The molecule has 1 aromatic heterocycles. The fraction of sp³-hybridized carbons (Fsp3) is 0.182. The van der Waals surface area contributed by atoms with E-state index in [0.29, 0.717) is 5.92 Å². The maximum Gasteiger partial charge on any atom is 0.0643 e. The SMILES string of the molecule is C=C/C(=C\C=C/C)N1c2ccccc2C2=CC(N(c3ccc(C)cc3)c3ccc(C4=CCC(C)(N(c5ccc6c(c5)c5c(n6-c6ccccc6)C[C@@H](C)C=C5)c5ccc(C)cc5C)C=C4)cc3)=CCC21. The van der Waals surface area contributed by atoms with Gasteiger partial charge in [0.15, 0.2) is 0 Å². The van der Waals surface area contributed by atoms with Crippen LogP contribution in [0.1, 0.15) is 72.7 Å². The first-order chi connectivity index (χ1) is 34.1. The predicted molar refractivity (Wildman–Crippen MR) is 300 cm³/mol. The highest BCUT2D eigenvalue weighted by molar-refractivity contribution is 5.97. The van der Waals surface area contributed by atoms with E-state index in [1.54, 1.807) is 0 Å². The van der Waals surface area contributed by atoms with Crippen LogP contribution in [0.15, 0.2) is 218 Å². The Morgan fingerprint density at radius 3 is 2.23 bits per heavy atom. The summed E-state index contributed by atoms with van der Waals surface area (Å²) in [6.07, 6.45) is 27.9. The molecule has 6 aromatic carbocycles. The average Bonchev–Trinajstić information content (AvgIpc) is 3.88. The largest absolute Gasteiger partial charge is 0.333 e. The van der Waals surface area contributed by atoms with E-state index in [1.165, 1.54) is 89.6 Å². The van der Waals surface area contributed by atoms with E-state index < -0.39 is 0 Å². The molecule has 0 saturated heterocycles. The first kappa shape index (κ1) is 44.7. The van der Waals surface area contributed by atoms with Gasteiger partial charge in [-0.2, -0.15) is 0 Å². The summed E-state index contributed by atoms with van der Waals surface area (Å²) in [7, 11) is 0. The van der Waals surface area contributed by atoms with Crippen molar-refractivity contribution in [2.45, 2.75) is 72.4 Å². The summed E-state index contributed by atoms with van der Waals surface area (Å²) in [5.41, 5.74) is 21.9. The van der Waals surface area contributed by atoms with Gasteiger partial charge in [0.1, 0.15) is 0 Å². The number of para-hydroxylation sites is 2. The van der Waals surface area contributed by atoms with Crippen LogP contribution in [0.25, 0.3) is 33.8 Å². The van der Waals surface area contributed by atoms with Crippen LogP contribution < -0.4 is 14.7 Å². The molecule has 4 heteroatoms. The standard InChI is InChI=1S/C66H62N4/c1-8-10-16-51(9-2)68-62-20-15-14-19-57(62)59-43-55(31-35-63(59)68)67(53-27-21-45(3)22-28-53)54-29-25-49(26-30-54)50-37-39-66(7,40-38-50)70(61-34-24-46(4)41-48(61)6)56-32-36-64-60(44-56)58-33-23-47(5)42-65(58)69(64)52-17-12-11-13-18-52/h8-34,36-39,41,43-44,47,63H,2,35,40,42H2,1,3-7H3/b10-8-,51-16+/t47-,63?,66?/m0/s1. The van der Waals surface area contributed by atoms with Crippen molar-refractivity contribution >= 4 is 56.6 Å². The van der Waals surface area contributed by atoms with E-state index in [1.807, 2.05) is 6.08 Å². The Balaban J connectivity index is 0.926. The second-order valence-corrected chi connectivity index (χ2v) is 19.9. The number of rotatable bonds is 11. The molecule has 4 nitrogen and oxygen atoms in total. The molecule has 4 aliphatic rings. The average molecular weight is 911 g/mol. The highest BCUT2D eigenvalue weighted by atomic mass is 15.2. The van der Waals surface area contributed by atoms with Crippen molar-refractivity contribution < 1.29 is 0 Å². The van der Waals surface area contributed by atoms with Gasteiger partial charge in [-0.1, -0.05) is 146 Å². The van der Waals surface area contributed by atoms with Crippen LogP contribution in [0.4, 0.5) is 28.4 Å². The Kier molecular flexibility index (Phi) is 11.6. The van der Waals surface area contributed by atoms with Gasteiger partial charge in [0.05, 0.1) is 17.1 Å². The lowest BCUT2D eigenvalue weighted by molar-refractivity contribution is 0.570. The molecule has 0 N–H and O–H groups in total. The normalized spacial score (nSPS) is 19.4. The van der Waals surface area contributed by atoms with Crippen LogP contribution in [0.5, 0.6) is 0 Å². The zero-order valence-electron chi connectivity index (χ0n) is 41.4. The monoisotopic (exact) mass is 910 g/mol. The summed E-state index contributed by atoms with van der Waals surface area (Å²) < 4.78 is 2.49. The van der Waals surface area contributed by atoms with Crippen molar-refractivity contribution in [3.8, 4) is 5.69 Å². The number of aromatic nitrogens is 1. The molecule has 11 rings (SSSR count). The van der Waals surface area contributed by atoms with Crippen molar-refractivity contribution in [3.05, 3.63) is 257 Å². The number of aryl methyl sites for hydroxylation is 3. The zero-order valence-corrected chi connectivity index (χ0v) is 41.4. The lowest BCUT2D eigenvalue weighted by atomic mass is 9.85. The minimum absolute atomic E-state index is 0.190. The minimum atomic E-state index is -0.325. The van der Waals surface area contributed by atoms with Gasteiger partial charge in [0.25, 0.3) is 0 Å². The van der Waals surface area contributed by atoms with Gasteiger partial charge < -0.3 is 19.3 Å². The number of nitrogens with zero attached hydrogens (tertiary/aromatic N) is 4. The number of hydrogen-bond donors (Lipinski definition) is 0. The van der Waals surface area contributed by atoms with Crippen LogP contribution >= 0.6 is 0 Å². The molecular weight excluding hydrogens is 849 g/mol. The van der Waals surface area contributed by atoms with Crippen molar-refractivity contribution in [1.82, 2.24) is 4.57 Å². The molecule has 0 bridgehead atoms. The number of benzene rings is 6. The Morgan fingerprint density at radius 2 is 1.50 bits per heavy atom. The van der Waals surface area contributed by atoms with Gasteiger partial charge in [-0.05, 0) is 167 Å². The molecule has 0 amide bonds. The molecule has 2 unspecified atom stereocenters. The molecule has 2 heterocycles. The van der Waals surface area contributed by atoms with Gasteiger partial charge in [-0.3, -0.25) is 0 Å². The van der Waals surface area contributed by atoms with E-state index >= 15 is 0 Å². The molecule has 346 valence electrons. The Bertz CT molecular complexity index is 3390. The summed E-state index contributed by atoms with van der Waals surface area (Å²) in [6, 6.07) is 52.0. The maximum absolute atomic E-state index is 4.22. The van der Waals surface area contributed by atoms with Gasteiger partial charge in [-0.25, -0.2) is 0 Å². The van der Waals surface area contributed by atoms with E-state index in [9.17, 15) is 0 Å². The fourth-order valence-electron chi connectivity index (χ4n) is 11.4. The second kappa shape index (κ2) is 18.3. The Hall–Kier alpha value is -7.82. The lowest BCUT2D eigenvalue weighted by Gasteiger charge is -2.43. The topological polar surface area (TPSA) is 14.7 Å². The molecule has 70 heavy (non-hydrogen) atoms. The predicted octanol–water partition coefficient (Wildman–Crippen LogP) is 17.0. The number of allylic oxidation sites excluding steroid dienone is 8. The first-order valence-corrected chi connectivity index (χ1v) is 25.0. The second-order valence-electron chi connectivity index (χ2n) is 19.9. The summed E-state index contributed by atoms with van der Waals surface area (Å²) in [4.78, 5) is 7.46. The molecule has 0 spiro atoms. The lowest BCUT2D eigenvalue weighted by Crippen LogP contribution is -2.42. The number of anilines is 5. The molecule has 3 aliphatic carbocycles. The Morgan fingerprint density at radius 1 is 0.771 bits per heavy atom. The Labute approximate surface area is 415 Å².